The molecule has 2 heteroatoms. The Labute approximate surface area is 159 Å². The van der Waals surface area contributed by atoms with E-state index >= 15 is 0 Å². The van der Waals surface area contributed by atoms with Gasteiger partial charge in [-0.15, -0.1) is 0 Å². The first-order valence-electron chi connectivity index (χ1n) is 11.3. The minimum atomic E-state index is -0.0848. The van der Waals surface area contributed by atoms with Crippen molar-refractivity contribution in [2.75, 3.05) is 6.54 Å². The highest BCUT2D eigenvalue weighted by molar-refractivity contribution is 5.30. The number of hydrogen-bond donors (Lipinski definition) is 2. The van der Waals surface area contributed by atoms with Gasteiger partial charge in [0.2, 0.25) is 0 Å². The molecule has 5 aliphatic rings. The first-order chi connectivity index (χ1) is 12.5. The lowest BCUT2D eigenvalue weighted by Crippen LogP contribution is -2.50. The van der Waals surface area contributed by atoms with Crippen molar-refractivity contribution in [3.05, 3.63) is 23.3 Å². The Morgan fingerprint density at radius 3 is 2.69 bits per heavy atom. The third-order valence-corrected chi connectivity index (χ3v) is 9.45. The maximum atomic E-state index is 10.2. The van der Waals surface area contributed by atoms with E-state index in [1.807, 2.05) is 0 Å². The normalized spacial score (nSPS) is 50.5. The van der Waals surface area contributed by atoms with Crippen LogP contribution in [-0.2, 0) is 0 Å². The summed E-state index contributed by atoms with van der Waals surface area (Å²) in [5, 5.41) is 13.9. The van der Waals surface area contributed by atoms with E-state index < -0.39 is 0 Å². The van der Waals surface area contributed by atoms with Crippen LogP contribution in [0.25, 0.3) is 0 Å². The Morgan fingerprint density at radius 1 is 1.04 bits per heavy atom. The van der Waals surface area contributed by atoms with Crippen LogP contribution in [0, 0.1) is 28.6 Å². The number of fused-ring (bicyclic) bond motifs is 5. The third-order valence-electron chi connectivity index (χ3n) is 9.45. The number of nitrogens with one attached hydrogen (secondary N) is 1. The number of rotatable bonds is 2. The standard InChI is InChI=1S/C24H37NO/c1-23-11-9-19(26)15-17(23)5-7-20-21-8-6-16(14-18-4-3-13-25-18)24(21,2)12-10-22(20)23/h5-6,18-22,25-26H,3-4,7-15H2,1-2H3/t18?,19-,20-,21-,22-,23-,24+/m0/s1. The van der Waals surface area contributed by atoms with Crippen LogP contribution in [0.4, 0.5) is 0 Å². The second kappa shape index (κ2) is 6.21. The summed E-state index contributed by atoms with van der Waals surface area (Å²) in [7, 11) is 0. The molecule has 0 radical (unpaired) electrons. The van der Waals surface area contributed by atoms with Crippen LogP contribution in [-0.4, -0.2) is 23.8 Å². The van der Waals surface area contributed by atoms with Gasteiger partial charge in [0.1, 0.15) is 0 Å². The van der Waals surface area contributed by atoms with Gasteiger partial charge in [0, 0.05) is 6.04 Å². The molecule has 0 spiro atoms. The topological polar surface area (TPSA) is 32.3 Å². The number of hydrogen-bond acceptors (Lipinski definition) is 2. The van der Waals surface area contributed by atoms with Crippen LogP contribution in [0.5, 0.6) is 0 Å². The molecule has 1 heterocycles. The Bertz CT molecular complexity index is 630. The lowest BCUT2D eigenvalue weighted by atomic mass is 9.47. The predicted octanol–water partition coefficient (Wildman–Crippen LogP) is 4.99. The summed E-state index contributed by atoms with van der Waals surface area (Å²) in [6.45, 7) is 6.37. The molecule has 0 bridgehead atoms. The van der Waals surface area contributed by atoms with E-state index in [1.165, 1.54) is 57.9 Å². The van der Waals surface area contributed by atoms with Crippen molar-refractivity contribution in [2.45, 2.75) is 90.2 Å². The molecule has 144 valence electrons. The Hall–Kier alpha value is -0.600. The van der Waals surface area contributed by atoms with Gasteiger partial charge in [0.15, 0.2) is 0 Å². The van der Waals surface area contributed by atoms with Gasteiger partial charge in [-0.25, -0.2) is 0 Å². The maximum Gasteiger partial charge on any atom is 0.0577 e. The smallest absolute Gasteiger partial charge is 0.0577 e. The van der Waals surface area contributed by atoms with Gasteiger partial charge in [-0.1, -0.05) is 37.1 Å². The largest absolute Gasteiger partial charge is 0.393 e. The fourth-order valence-corrected chi connectivity index (χ4v) is 7.81. The Balaban J connectivity index is 1.38. The summed E-state index contributed by atoms with van der Waals surface area (Å²) >= 11 is 0. The highest BCUT2D eigenvalue weighted by Crippen LogP contribution is 2.65. The minimum absolute atomic E-state index is 0.0848. The zero-order valence-corrected chi connectivity index (χ0v) is 16.8. The number of aliphatic hydroxyl groups is 1. The van der Waals surface area contributed by atoms with Crippen LogP contribution in [0.3, 0.4) is 0 Å². The van der Waals surface area contributed by atoms with Crippen molar-refractivity contribution in [1.82, 2.24) is 5.32 Å². The quantitative estimate of drug-likeness (QED) is 0.684. The monoisotopic (exact) mass is 355 g/mol. The number of allylic oxidation sites excluding steroid dienone is 2. The fraction of sp³-hybridized carbons (Fsp3) is 0.833. The van der Waals surface area contributed by atoms with Crippen molar-refractivity contribution in [3.63, 3.8) is 0 Å². The van der Waals surface area contributed by atoms with Gasteiger partial charge in [-0.3, -0.25) is 0 Å². The average molecular weight is 356 g/mol. The average Bonchev–Trinajstić information content (AvgIpc) is 3.24. The molecule has 7 atom stereocenters. The molecule has 1 unspecified atom stereocenters. The molecule has 3 fully saturated rings. The maximum absolute atomic E-state index is 10.2. The molecule has 2 N–H and O–H groups in total. The lowest BCUT2D eigenvalue weighted by molar-refractivity contribution is -0.0303. The highest BCUT2D eigenvalue weighted by Gasteiger charge is 2.56. The molecule has 0 aromatic rings. The summed E-state index contributed by atoms with van der Waals surface area (Å²) < 4.78 is 0. The second-order valence-electron chi connectivity index (χ2n) is 10.6. The fourth-order valence-electron chi connectivity index (χ4n) is 7.81. The van der Waals surface area contributed by atoms with Crippen LogP contribution in [0.2, 0.25) is 0 Å². The molecule has 1 saturated heterocycles. The van der Waals surface area contributed by atoms with Crippen molar-refractivity contribution in [1.29, 1.82) is 0 Å². The summed E-state index contributed by atoms with van der Waals surface area (Å²) in [4.78, 5) is 0. The Kier molecular flexibility index (Phi) is 4.18. The molecular formula is C24H37NO. The Morgan fingerprint density at radius 2 is 1.88 bits per heavy atom. The van der Waals surface area contributed by atoms with E-state index in [4.69, 9.17) is 0 Å². The summed E-state index contributed by atoms with van der Waals surface area (Å²) in [6.07, 6.45) is 17.7. The van der Waals surface area contributed by atoms with E-state index in [1.54, 1.807) is 11.1 Å². The van der Waals surface area contributed by atoms with E-state index in [2.05, 4.69) is 31.3 Å². The highest BCUT2D eigenvalue weighted by atomic mass is 16.3. The van der Waals surface area contributed by atoms with Gasteiger partial charge < -0.3 is 10.4 Å². The molecule has 4 aliphatic carbocycles. The van der Waals surface area contributed by atoms with Gasteiger partial charge in [0.25, 0.3) is 0 Å². The molecule has 0 aromatic carbocycles. The van der Waals surface area contributed by atoms with E-state index in [-0.39, 0.29) is 6.10 Å². The number of aliphatic hydroxyl groups excluding tert-OH is 1. The van der Waals surface area contributed by atoms with Crippen molar-refractivity contribution in [2.24, 2.45) is 28.6 Å². The zero-order valence-electron chi connectivity index (χ0n) is 16.8. The van der Waals surface area contributed by atoms with Crippen molar-refractivity contribution < 1.29 is 5.11 Å². The first-order valence-corrected chi connectivity index (χ1v) is 11.3. The van der Waals surface area contributed by atoms with E-state index in [9.17, 15) is 5.11 Å². The molecule has 0 amide bonds. The van der Waals surface area contributed by atoms with Gasteiger partial charge in [-0.05, 0) is 99.3 Å². The molecule has 26 heavy (non-hydrogen) atoms. The third kappa shape index (κ3) is 2.51. The minimum Gasteiger partial charge on any atom is -0.393 e. The molecule has 2 nitrogen and oxygen atoms in total. The van der Waals surface area contributed by atoms with Gasteiger partial charge >= 0.3 is 0 Å². The van der Waals surface area contributed by atoms with E-state index in [0.717, 1.165) is 36.6 Å². The van der Waals surface area contributed by atoms with Crippen LogP contribution in [0.1, 0.15) is 78.1 Å². The molecule has 5 rings (SSSR count). The zero-order chi connectivity index (χ0) is 17.9. The first kappa shape index (κ1) is 17.5. The summed E-state index contributed by atoms with van der Waals surface area (Å²) in [5.74, 6) is 2.58. The summed E-state index contributed by atoms with van der Waals surface area (Å²) in [5.41, 5.74) is 4.22. The molecule has 1 aliphatic heterocycles. The van der Waals surface area contributed by atoms with Crippen LogP contribution in [0.15, 0.2) is 23.3 Å². The molecule has 2 saturated carbocycles. The lowest BCUT2D eigenvalue weighted by Gasteiger charge is -2.57. The second-order valence-corrected chi connectivity index (χ2v) is 10.6. The van der Waals surface area contributed by atoms with Gasteiger partial charge in [-0.2, -0.15) is 0 Å². The summed E-state index contributed by atoms with van der Waals surface area (Å²) in [6, 6.07) is 0.741. The SMILES string of the molecule is C[C@]12CC[C@H](O)CC1=CC[C@@H]1[C@@H]2CC[C@]2(C)C(CC3CCCN3)=CC[C@@H]12. The van der Waals surface area contributed by atoms with Crippen LogP contribution < -0.4 is 5.32 Å². The van der Waals surface area contributed by atoms with Crippen LogP contribution >= 0.6 is 0 Å². The molecular weight excluding hydrogens is 318 g/mol. The van der Waals surface area contributed by atoms with Crippen molar-refractivity contribution >= 4 is 0 Å². The van der Waals surface area contributed by atoms with E-state index in [0.29, 0.717) is 10.8 Å². The molecule has 0 aromatic heterocycles. The van der Waals surface area contributed by atoms with Crippen molar-refractivity contribution in [3.8, 4) is 0 Å². The predicted molar refractivity (Wildman–Crippen MR) is 107 cm³/mol. The van der Waals surface area contributed by atoms with Gasteiger partial charge in [0.05, 0.1) is 6.10 Å².